The summed E-state index contributed by atoms with van der Waals surface area (Å²) >= 11 is 0. The van der Waals surface area contributed by atoms with Gasteiger partial charge in [-0.3, -0.25) is 9.78 Å². The van der Waals surface area contributed by atoms with Gasteiger partial charge in [-0.05, 0) is 36.5 Å². The summed E-state index contributed by atoms with van der Waals surface area (Å²) in [5.74, 6) is 0.962. The molecule has 0 spiro atoms. The molecule has 3 heterocycles. The molecule has 1 N–H and O–H groups in total. The molecule has 0 bridgehead atoms. The van der Waals surface area contributed by atoms with E-state index < -0.39 is 0 Å². The molecule has 1 aliphatic heterocycles. The van der Waals surface area contributed by atoms with Crippen molar-refractivity contribution in [1.29, 1.82) is 0 Å². The molecule has 98 valence electrons. The number of hydrogen-bond acceptors (Lipinski definition) is 3. The van der Waals surface area contributed by atoms with Crippen LogP contribution in [0.1, 0.15) is 34.9 Å². The van der Waals surface area contributed by atoms with Gasteiger partial charge in [-0.25, -0.2) is 4.98 Å². The summed E-state index contributed by atoms with van der Waals surface area (Å²) in [4.78, 5) is 24.9. The summed E-state index contributed by atoms with van der Waals surface area (Å²) in [5.41, 5.74) is 1.32. The fourth-order valence-electron chi connectivity index (χ4n) is 2.58. The number of carbonyl (C=O) groups is 1. The minimum Gasteiger partial charge on any atom is -0.341 e. The van der Waals surface area contributed by atoms with Crippen molar-refractivity contribution < 1.29 is 4.79 Å². The van der Waals surface area contributed by atoms with Gasteiger partial charge in [-0.1, -0.05) is 0 Å². The number of carbonyl (C=O) groups excluding carboxylic acids is 1. The Morgan fingerprint density at radius 3 is 2.58 bits per heavy atom. The van der Waals surface area contributed by atoms with Gasteiger partial charge in [-0.15, -0.1) is 0 Å². The van der Waals surface area contributed by atoms with Crippen molar-refractivity contribution in [3.05, 3.63) is 48.3 Å². The number of nitrogens with one attached hydrogen (secondary N) is 1. The largest absolute Gasteiger partial charge is 0.341 e. The number of likely N-dealkylation sites (tertiary alicyclic amines) is 1. The average Bonchev–Trinajstić information content (AvgIpc) is 3.02. The zero-order chi connectivity index (χ0) is 13.1. The lowest BCUT2D eigenvalue weighted by molar-refractivity contribution is 0.0701. The summed E-state index contributed by atoms with van der Waals surface area (Å²) < 4.78 is 0. The fourth-order valence-corrected chi connectivity index (χ4v) is 2.58. The summed E-state index contributed by atoms with van der Waals surface area (Å²) in [5, 5.41) is 0. The second kappa shape index (κ2) is 5.22. The van der Waals surface area contributed by atoms with Crippen LogP contribution in [0.2, 0.25) is 0 Å². The molecular weight excluding hydrogens is 240 g/mol. The SMILES string of the molecule is O=C(c1ncc[nH]1)N1CCC(c2ccncc2)CC1. The first-order valence-corrected chi connectivity index (χ1v) is 6.53. The number of amides is 1. The number of aromatic amines is 1. The molecule has 0 radical (unpaired) electrons. The highest BCUT2D eigenvalue weighted by Crippen LogP contribution is 2.27. The summed E-state index contributed by atoms with van der Waals surface area (Å²) in [6.07, 6.45) is 8.94. The van der Waals surface area contributed by atoms with Crippen molar-refractivity contribution in [2.24, 2.45) is 0 Å². The van der Waals surface area contributed by atoms with Crippen LogP contribution in [-0.2, 0) is 0 Å². The van der Waals surface area contributed by atoms with E-state index in [1.165, 1.54) is 5.56 Å². The number of nitrogens with zero attached hydrogens (tertiary/aromatic N) is 3. The first-order valence-electron chi connectivity index (χ1n) is 6.53. The van der Waals surface area contributed by atoms with Gasteiger partial charge >= 0.3 is 0 Å². The minimum atomic E-state index is -0.00169. The zero-order valence-corrected chi connectivity index (χ0v) is 10.6. The first kappa shape index (κ1) is 11.9. The summed E-state index contributed by atoms with van der Waals surface area (Å²) in [7, 11) is 0. The minimum absolute atomic E-state index is 0.00169. The molecule has 0 aromatic carbocycles. The second-order valence-corrected chi connectivity index (χ2v) is 4.78. The molecule has 5 nitrogen and oxygen atoms in total. The van der Waals surface area contributed by atoms with Crippen LogP contribution in [-0.4, -0.2) is 38.8 Å². The number of aromatic nitrogens is 3. The molecule has 1 fully saturated rings. The maximum absolute atomic E-state index is 12.1. The second-order valence-electron chi connectivity index (χ2n) is 4.78. The number of H-pyrrole nitrogens is 1. The Morgan fingerprint density at radius 2 is 1.95 bits per heavy atom. The van der Waals surface area contributed by atoms with Crippen LogP contribution in [0.15, 0.2) is 36.9 Å². The number of rotatable bonds is 2. The van der Waals surface area contributed by atoms with Gasteiger partial charge in [0.05, 0.1) is 0 Å². The smallest absolute Gasteiger partial charge is 0.289 e. The molecular formula is C14H16N4O. The van der Waals surface area contributed by atoms with E-state index in [0.29, 0.717) is 11.7 Å². The van der Waals surface area contributed by atoms with E-state index in [9.17, 15) is 4.79 Å². The summed E-state index contributed by atoms with van der Waals surface area (Å²) in [6.45, 7) is 1.57. The van der Waals surface area contributed by atoms with Crippen LogP contribution < -0.4 is 0 Å². The third-order valence-electron chi connectivity index (χ3n) is 3.66. The van der Waals surface area contributed by atoms with Gasteiger partial charge < -0.3 is 9.88 Å². The van der Waals surface area contributed by atoms with Crippen molar-refractivity contribution in [3.63, 3.8) is 0 Å². The van der Waals surface area contributed by atoms with Crippen LogP contribution >= 0.6 is 0 Å². The number of hydrogen-bond donors (Lipinski definition) is 1. The van der Waals surface area contributed by atoms with E-state index in [1.54, 1.807) is 12.4 Å². The molecule has 1 aliphatic rings. The molecule has 19 heavy (non-hydrogen) atoms. The molecule has 0 aliphatic carbocycles. The number of imidazole rings is 1. The zero-order valence-electron chi connectivity index (χ0n) is 10.6. The van der Waals surface area contributed by atoms with Gasteiger partial charge in [0.15, 0.2) is 5.82 Å². The third kappa shape index (κ3) is 2.50. The molecule has 1 saturated heterocycles. The number of piperidine rings is 1. The molecule has 3 rings (SSSR count). The quantitative estimate of drug-likeness (QED) is 0.891. The first-order chi connectivity index (χ1) is 9.34. The van der Waals surface area contributed by atoms with Crippen molar-refractivity contribution in [3.8, 4) is 0 Å². The fraction of sp³-hybridized carbons (Fsp3) is 0.357. The molecule has 0 saturated carbocycles. The van der Waals surface area contributed by atoms with E-state index >= 15 is 0 Å². The lowest BCUT2D eigenvalue weighted by Gasteiger charge is -2.31. The Kier molecular flexibility index (Phi) is 3.27. The molecule has 0 atom stereocenters. The van der Waals surface area contributed by atoms with E-state index in [2.05, 4.69) is 27.1 Å². The van der Waals surface area contributed by atoms with Crippen molar-refractivity contribution >= 4 is 5.91 Å². The van der Waals surface area contributed by atoms with Gasteiger partial charge in [-0.2, -0.15) is 0 Å². The van der Waals surface area contributed by atoms with Gasteiger partial charge in [0, 0.05) is 37.9 Å². The van der Waals surface area contributed by atoms with E-state index in [-0.39, 0.29) is 5.91 Å². The van der Waals surface area contributed by atoms with E-state index in [4.69, 9.17) is 0 Å². The molecule has 1 amide bonds. The molecule has 0 unspecified atom stereocenters. The van der Waals surface area contributed by atoms with E-state index in [1.807, 2.05) is 17.3 Å². The van der Waals surface area contributed by atoms with Crippen LogP contribution in [0, 0.1) is 0 Å². The van der Waals surface area contributed by atoms with Crippen LogP contribution in [0.25, 0.3) is 0 Å². The Bertz CT molecular complexity index is 530. The Hall–Kier alpha value is -2.17. The Balaban J connectivity index is 1.62. The van der Waals surface area contributed by atoms with Crippen molar-refractivity contribution in [2.45, 2.75) is 18.8 Å². The highest BCUT2D eigenvalue weighted by Gasteiger charge is 2.25. The average molecular weight is 256 g/mol. The van der Waals surface area contributed by atoms with Gasteiger partial charge in [0.1, 0.15) is 0 Å². The highest BCUT2D eigenvalue weighted by molar-refractivity contribution is 5.90. The predicted molar refractivity (Wildman–Crippen MR) is 70.7 cm³/mol. The van der Waals surface area contributed by atoms with Crippen LogP contribution in [0.5, 0.6) is 0 Å². The highest BCUT2D eigenvalue weighted by atomic mass is 16.2. The third-order valence-corrected chi connectivity index (χ3v) is 3.66. The van der Waals surface area contributed by atoms with Crippen molar-refractivity contribution in [1.82, 2.24) is 19.9 Å². The van der Waals surface area contributed by atoms with Gasteiger partial charge in [0.25, 0.3) is 5.91 Å². The van der Waals surface area contributed by atoms with Gasteiger partial charge in [0.2, 0.25) is 0 Å². The Morgan fingerprint density at radius 1 is 1.21 bits per heavy atom. The van der Waals surface area contributed by atoms with E-state index in [0.717, 1.165) is 25.9 Å². The lowest BCUT2D eigenvalue weighted by Crippen LogP contribution is -2.38. The molecule has 2 aromatic rings. The maximum atomic E-state index is 12.1. The maximum Gasteiger partial charge on any atom is 0.289 e. The predicted octanol–water partition coefficient (Wildman–Crippen LogP) is 1.82. The topological polar surface area (TPSA) is 61.9 Å². The molecule has 5 heteroatoms. The lowest BCUT2D eigenvalue weighted by atomic mass is 9.90. The van der Waals surface area contributed by atoms with Crippen LogP contribution in [0.4, 0.5) is 0 Å². The summed E-state index contributed by atoms with van der Waals surface area (Å²) in [6, 6.07) is 4.13. The molecule has 2 aromatic heterocycles. The Labute approximate surface area is 111 Å². The number of pyridine rings is 1. The monoisotopic (exact) mass is 256 g/mol. The van der Waals surface area contributed by atoms with Crippen LogP contribution in [0.3, 0.4) is 0 Å². The normalized spacial score (nSPS) is 16.5. The standard InChI is InChI=1S/C14H16N4O/c19-14(13-16-7-8-17-13)18-9-3-12(4-10-18)11-1-5-15-6-2-11/h1-2,5-8,12H,3-4,9-10H2,(H,16,17). The van der Waals surface area contributed by atoms with Crippen molar-refractivity contribution in [2.75, 3.05) is 13.1 Å².